The third kappa shape index (κ3) is 4.36. The van der Waals surface area contributed by atoms with Crippen molar-refractivity contribution in [3.63, 3.8) is 0 Å². The first-order chi connectivity index (χ1) is 4.18. The van der Waals surface area contributed by atoms with Gasteiger partial charge in [-0.1, -0.05) is 6.08 Å². The SMILES string of the molecule is C=CCCC(C)S(N)=O. The lowest BCUT2D eigenvalue weighted by Crippen LogP contribution is -2.17. The Morgan fingerprint density at radius 2 is 2.44 bits per heavy atom. The molecule has 2 nitrogen and oxygen atoms in total. The molecule has 2 unspecified atom stereocenters. The molecule has 0 aliphatic heterocycles. The van der Waals surface area contributed by atoms with Crippen molar-refractivity contribution < 1.29 is 4.21 Å². The van der Waals surface area contributed by atoms with Gasteiger partial charge in [-0.25, -0.2) is 4.21 Å². The van der Waals surface area contributed by atoms with Gasteiger partial charge in [-0.3, -0.25) is 5.14 Å². The van der Waals surface area contributed by atoms with E-state index in [1.807, 2.05) is 13.0 Å². The highest BCUT2D eigenvalue weighted by Gasteiger charge is 2.03. The molecule has 0 heterocycles. The molecule has 0 saturated heterocycles. The van der Waals surface area contributed by atoms with Gasteiger partial charge < -0.3 is 0 Å². The van der Waals surface area contributed by atoms with Crippen molar-refractivity contribution in [2.75, 3.05) is 0 Å². The summed E-state index contributed by atoms with van der Waals surface area (Å²) in [4.78, 5) is 0. The van der Waals surface area contributed by atoms with Crippen LogP contribution < -0.4 is 5.14 Å². The van der Waals surface area contributed by atoms with Crippen molar-refractivity contribution in [2.45, 2.75) is 25.0 Å². The molecule has 0 saturated carbocycles. The van der Waals surface area contributed by atoms with E-state index >= 15 is 0 Å². The van der Waals surface area contributed by atoms with E-state index in [1.165, 1.54) is 0 Å². The Balaban J connectivity index is 3.37. The zero-order valence-corrected chi connectivity index (χ0v) is 6.49. The van der Waals surface area contributed by atoms with Crippen LogP contribution in [0, 0.1) is 0 Å². The van der Waals surface area contributed by atoms with Gasteiger partial charge in [0.2, 0.25) is 0 Å². The molecule has 0 aromatic rings. The highest BCUT2D eigenvalue weighted by atomic mass is 32.2. The first kappa shape index (κ1) is 8.85. The van der Waals surface area contributed by atoms with Gasteiger partial charge in [-0.15, -0.1) is 6.58 Å². The number of allylic oxidation sites excluding steroid dienone is 1. The van der Waals surface area contributed by atoms with Crippen LogP contribution in [0.25, 0.3) is 0 Å². The van der Waals surface area contributed by atoms with Crippen molar-refractivity contribution in [1.82, 2.24) is 0 Å². The highest BCUT2D eigenvalue weighted by molar-refractivity contribution is 7.83. The van der Waals surface area contributed by atoms with Crippen LogP contribution in [0.5, 0.6) is 0 Å². The minimum absolute atomic E-state index is 0.1000. The van der Waals surface area contributed by atoms with Crippen LogP contribution in [0.1, 0.15) is 19.8 Å². The summed E-state index contributed by atoms with van der Waals surface area (Å²) in [5, 5.41) is 5.21. The summed E-state index contributed by atoms with van der Waals surface area (Å²) in [6, 6.07) is 0. The summed E-state index contributed by atoms with van der Waals surface area (Å²) < 4.78 is 10.5. The molecule has 0 bridgehead atoms. The number of nitrogens with two attached hydrogens (primary N) is 1. The van der Waals surface area contributed by atoms with Crippen molar-refractivity contribution >= 4 is 11.0 Å². The summed E-state index contributed by atoms with van der Waals surface area (Å²) in [5.41, 5.74) is 0. The quantitative estimate of drug-likeness (QED) is 0.591. The molecule has 0 aliphatic rings. The molecule has 2 atom stereocenters. The zero-order chi connectivity index (χ0) is 7.28. The maximum absolute atomic E-state index is 10.5. The predicted molar refractivity (Wildman–Crippen MR) is 41.2 cm³/mol. The summed E-state index contributed by atoms with van der Waals surface area (Å²) in [6.07, 6.45) is 3.57. The van der Waals surface area contributed by atoms with Crippen LogP contribution in [-0.4, -0.2) is 9.46 Å². The Morgan fingerprint density at radius 1 is 1.89 bits per heavy atom. The van der Waals surface area contributed by atoms with Crippen molar-refractivity contribution in [1.29, 1.82) is 0 Å². The zero-order valence-electron chi connectivity index (χ0n) is 5.67. The predicted octanol–water partition coefficient (Wildman–Crippen LogP) is 0.964. The summed E-state index contributed by atoms with van der Waals surface area (Å²) >= 11 is 0. The second kappa shape index (κ2) is 4.70. The fraction of sp³-hybridized carbons (Fsp3) is 0.667. The number of hydrogen-bond acceptors (Lipinski definition) is 1. The second-order valence-electron chi connectivity index (χ2n) is 2.01. The summed E-state index contributed by atoms with van der Waals surface area (Å²) in [6.45, 7) is 5.43. The fourth-order valence-corrected chi connectivity index (χ4v) is 0.837. The Hall–Kier alpha value is -0.150. The fourth-order valence-electron chi connectivity index (χ4n) is 0.469. The van der Waals surface area contributed by atoms with Crippen molar-refractivity contribution in [3.05, 3.63) is 12.7 Å². The lowest BCUT2D eigenvalue weighted by Gasteiger charge is -2.03. The third-order valence-corrected chi connectivity index (χ3v) is 2.20. The van der Waals surface area contributed by atoms with E-state index in [4.69, 9.17) is 5.14 Å². The largest absolute Gasteiger partial charge is 0.252 e. The Kier molecular flexibility index (Phi) is 4.62. The smallest absolute Gasteiger partial charge is 0.0916 e. The average molecular weight is 147 g/mol. The third-order valence-electron chi connectivity index (χ3n) is 1.17. The second-order valence-corrected chi connectivity index (χ2v) is 3.47. The monoisotopic (exact) mass is 147 g/mol. The maximum Gasteiger partial charge on any atom is 0.0916 e. The molecule has 0 fully saturated rings. The van der Waals surface area contributed by atoms with Crippen LogP contribution in [0.15, 0.2) is 12.7 Å². The molecule has 0 radical (unpaired) electrons. The van der Waals surface area contributed by atoms with E-state index in [0.29, 0.717) is 0 Å². The van der Waals surface area contributed by atoms with Gasteiger partial charge in [0.1, 0.15) is 0 Å². The summed E-state index contributed by atoms with van der Waals surface area (Å²) in [7, 11) is -1.16. The Morgan fingerprint density at radius 3 is 2.78 bits per heavy atom. The van der Waals surface area contributed by atoms with Crippen LogP contribution in [0.2, 0.25) is 0 Å². The van der Waals surface area contributed by atoms with Gasteiger partial charge >= 0.3 is 0 Å². The molecule has 0 spiro atoms. The number of hydrogen-bond donors (Lipinski definition) is 1. The van der Waals surface area contributed by atoms with Crippen LogP contribution >= 0.6 is 0 Å². The topological polar surface area (TPSA) is 43.1 Å². The molecule has 0 rings (SSSR count). The molecule has 9 heavy (non-hydrogen) atoms. The standard InChI is InChI=1S/C6H13NOS/c1-3-4-5-6(2)9(7)8/h3,6H,1,4-5,7H2,2H3. The molecule has 0 aromatic heterocycles. The van der Waals surface area contributed by atoms with Gasteiger partial charge in [-0.2, -0.15) is 0 Å². The highest BCUT2D eigenvalue weighted by Crippen LogP contribution is 2.00. The minimum Gasteiger partial charge on any atom is -0.252 e. The van der Waals surface area contributed by atoms with E-state index in [1.54, 1.807) is 0 Å². The first-order valence-electron chi connectivity index (χ1n) is 2.94. The molecular weight excluding hydrogens is 134 g/mol. The molecule has 2 N–H and O–H groups in total. The molecule has 3 heteroatoms. The van der Waals surface area contributed by atoms with Gasteiger partial charge in [0.15, 0.2) is 0 Å². The Bertz CT molecular complexity index is 114. The molecule has 54 valence electrons. The van der Waals surface area contributed by atoms with E-state index in [9.17, 15) is 4.21 Å². The minimum atomic E-state index is -1.16. The van der Waals surface area contributed by atoms with Crippen LogP contribution in [0.3, 0.4) is 0 Å². The lowest BCUT2D eigenvalue weighted by molar-refractivity contribution is 0.667. The lowest BCUT2D eigenvalue weighted by atomic mass is 10.2. The van der Waals surface area contributed by atoms with E-state index < -0.39 is 11.0 Å². The molecule has 0 aromatic carbocycles. The number of rotatable bonds is 4. The van der Waals surface area contributed by atoms with Crippen LogP contribution in [-0.2, 0) is 11.0 Å². The summed E-state index contributed by atoms with van der Waals surface area (Å²) in [5.74, 6) is 0. The van der Waals surface area contributed by atoms with Crippen molar-refractivity contribution in [2.24, 2.45) is 5.14 Å². The first-order valence-corrected chi connectivity index (χ1v) is 4.22. The van der Waals surface area contributed by atoms with E-state index in [2.05, 4.69) is 6.58 Å². The maximum atomic E-state index is 10.5. The molecular formula is C6H13NOS. The van der Waals surface area contributed by atoms with Gasteiger partial charge in [0.25, 0.3) is 0 Å². The normalized spacial score (nSPS) is 16.7. The van der Waals surface area contributed by atoms with Gasteiger partial charge in [-0.05, 0) is 19.8 Å². The molecule has 0 aliphatic carbocycles. The molecule has 0 amide bonds. The Labute approximate surface area is 58.7 Å². The van der Waals surface area contributed by atoms with Crippen LogP contribution in [0.4, 0.5) is 0 Å². The average Bonchev–Trinajstić information content (AvgIpc) is 1.82. The van der Waals surface area contributed by atoms with Crippen molar-refractivity contribution in [3.8, 4) is 0 Å². The van der Waals surface area contributed by atoms with E-state index in [-0.39, 0.29) is 5.25 Å². The van der Waals surface area contributed by atoms with E-state index in [0.717, 1.165) is 12.8 Å². The van der Waals surface area contributed by atoms with Gasteiger partial charge in [0, 0.05) is 5.25 Å². The van der Waals surface area contributed by atoms with Gasteiger partial charge in [0.05, 0.1) is 11.0 Å².